The van der Waals surface area contributed by atoms with E-state index in [-0.39, 0.29) is 23.9 Å². The third-order valence-electron chi connectivity index (χ3n) is 3.32. The van der Waals surface area contributed by atoms with Crippen molar-refractivity contribution in [2.45, 2.75) is 11.8 Å². The third kappa shape index (κ3) is 5.22. The molecule has 2 N–H and O–H groups in total. The molecule has 7 nitrogen and oxygen atoms in total. The van der Waals surface area contributed by atoms with Crippen LogP contribution in [-0.4, -0.2) is 23.1 Å². The largest absolute Gasteiger partial charge is 0.376 e. The van der Waals surface area contributed by atoms with E-state index in [1.807, 2.05) is 18.2 Å². The van der Waals surface area contributed by atoms with Gasteiger partial charge in [-0.3, -0.25) is 14.9 Å². The Morgan fingerprint density at radius 1 is 1.28 bits per heavy atom. The maximum absolute atomic E-state index is 12.2. The molecule has 0 aromatic heterocycles. The number of nitriles is 1. The van der Waals surface area contributed by atoms with Crippen LogP contribution in [0.25, 0.3) is 0 Å². The van der Waals surface area contributed by atoms with Crippen LogP contribution in [0.4, 0.5) is 17.1 Å². The highest BCUT2D eigenvalue weighted by Crippen LogP contribution is 2.26. The van der Waals surface area contributed by atoms with Crippen LogP contribution >= 0.6 is 11.8 Å². The summed E-state index contributed by atoms with van der Waals surface area (Å²) in [7, 11) is 0. The number of carbonyl (C=O) groups is 1. The monoisotopic (exact) mass is 356 g/mol. The van der Waals surface area contributed by atoms with Gasteiger partial charge in [-0.2, -0.15) is 5.26 Å². The molecule has 0 fully saturated rings. The second kappa shape index (κ2) is 8.70. The molecule has 0 saturated heterocycles. The number of carbonyl (C=O) groups excluding carboxylic acids is 1. The molecule has 25 heavy (non-hydrogen) atoms. The summed E-state index contributed by atoms with van der Waals surface area (Å²) in [6.45, 7) is 1.77. The Hall–Kier alpha value is -3.05. The Labute approximate surface area is 149 Å². The van der Waals surface area contributed by atoms with Crippen molar-refractivity contribution in [3.63, 3.8) is 0 Å². The molecular formula is C17H16N4O3S. The van der Waals surface area contributed by atoms with Crippen LogP contribution in [0.1, 0.15) is 5.56 Å². The van der Waals surface area contributed by atoms with E-state index in [4.69, 9.17) is 5.26 Å². The van der Waals surface area contributed by atoms with E-state index in [1.54, 1.807) is 25.1 Å². The fraction of sp³-hybridized carbons (Fsp3) is 0.176. The van der Waals surface area contributed by atoms with Gasteiger partial charge in [0.25, 0.3) is 5.69 Å². The molecule has 0 bridgehead atoms. The summed E-state index contributed by atoms with van der Waals surface area (Å²) >= 11 is 1.34. The quantitative estimate of drug-likeness (QED) is 0.446. The standard InChI is InChI=1S/C17H16N4O3S/c1-12-6-7-13(21(23)24)10-15(12)19-11-17(22)20-14-4-2-3-5-16(14)25-9-8-18/h2-7,10,19H,9,11H2,1H3,(H,20,22). The van der Waals surface area contributed by atoms with Crippen LogP contribution < -0.4 is 10.6 Å². The van der Waals surface area contributed by atoms with Gasteiger partial charge in [0.15, 0.2) is 0 Å². The minimum absolute atomic E-state index is 0.0285. The molecule has 2 aromatic rings. The molecule has 1 amide bonds. The molecule has 0 aliphatic heterocycles. The van der Waals surface area contributed by atoms with Crippen molar-refractivity contribution in [3.8, 4) is 6.07 Å². The number of non-ortho nitro benzene ring substituents is 1. The van der Waals surface area contributed by atoms with Crippen molar-refractivity contribution in [2.75, 3.05) is 22.9 Å². The van der Waals surface area contributed by atoms with Crippen LogP contribution in [0.3, 0.4) is 0 Å². The van der Waals surface area contributed by atoms with Gasteiger partial charge in [-0.25, -0.2) is 0 Å². The topological polar surface area (TPSA) is 108 Å². The van der Waals surface area contributed by atoms with Gasteiger partial charge in [0.05, 0.1) is 29.0 Å². The number of benzene rings is 2. The average molecular weight is 356 g/mol. The SMILES string of the molecule is Cc1ccc([N+](=O)[O-])cc1NCC(=O)Nc1ccccc1SCC#N. The summed E-state index contributed by atoms with van der Waals surface area (Å²) in [5, 5.41) is 25.2. The maximum Gasteiger partial charge on any atom is 0.271 e. The third-order valence-corrected chi connectivity index (χ3v) is 4.27. The van der Waals surface area contributed by atoms with E-state index in [2.05, 4.69) is 10.6 Å². The Balaban J connectivity index is 2.01. The fourth-order valence-corrected chi connectivity index (χ4v) is 2.76. The molecule has 8 heteroatoms. The van der Waals surface area contributed by atoms with E-state index in [0.29, 0.717) is 11.4 Å². The zero-order valence-corrected chi connectivity index (χ0v) is 14.3. The molecule has 2 aromatic carbocycles. The molecule has 0 aliphatic carbocycles. The van der Waals surface area contributed by atoms with E-state index >= 15 is 0 Å². The Bertz CT molecular complexity index is 833. The first kappa shape index (κ1) is 18.3. The lowest BCUT2D eigenvalue weighted by molar-refractivity contribution is -0.384. The maximum atomic E-state index is 12.2. The highest BCUT2D eigenvalue weighted by atomic mass is 32.2. The van der Waals surface area contributed by atoms with Gasteiger partial charge >= 0.3 is 0 Å². The number of thioether (sulfide) groups is 1. The number of nitro groups is 1. The summed E-state index contributed by atoms with van der Waals surface area (Å²) in [5.41, 5.74) is 1.94. The van der Waals surface area contributed by atoms with Gasteiger partial charge in [0.2, 0.25) is 5.91 Å². The minimum atomic E-state index is -0.479. The molecule has 0 radical (unpaired) electrons. The lowest BCUT2D eigenvalue weighted by Gasteiger charge is -2.12. The lowest BCUT2D eigenvalue weighted by Crippen LogP contribution is -2.22. The van der Waals surface area contributed by atoms with Gasteiger partial charge in [-0.1, -0.05) is 18.2 Å². The number of para-hydroxylation sites is 1. The number of hydrogen-bond acceptors (Lipinski definition) is 6. The van der Waals surface area contributed by atoms with Crippen LogP contribution in [-0.2, 0) is 4.79 Å². The Kier molecular flexibility index (Phi) is 6.37. The summed E-state index contributed by atoms with van der Waals surface area (Å²) in [5.74, 6) is 0.00813. The molecule has 0 saturated carbocycles. The number of aryl methyl sites for hydroxylation is 1. The average Bonchev–Trinajstić information content (AvgIpc) is 2.60. The van der Waals surface area contributed by atoms with Crippen LogP contribution in [0, 0.1) is 28.4 Å². The molecular weight excluding hydrogens is 340 g/mol. The van der Waals surface area contributed by atoms with E-state index in [9.17, 15) is 14.9 Å². The Morgan fingerprint density at radius 2 is 2.04 bits per heavy atom. The highest BCUT2D eigenvalue weighted by molar-refractivity contribution is 7.99. The van der Waals surface area contributed by atoms with Crippen LogP contribution in [0.2, 0.25) is 0 Å². The Morgan fingerprint density at radius 3 is 2.76 bits per heavy atom. The molecule has 0 spiro atoms. The summed E-state index contributed by atoms with van der Waals surface area (Å²) < 4.78 is 0. The van der Waals surface area contributed by atoms with Gasteiger partial charge in [-0.15, -0.1) is 11.8 Å². The van der Waals surface area contributed by atoms with Crippen LogP contribution in [0.5, 0.6) is 0 Å². The van der Waals surface area contributed by atoms with Crippen molar-refractivity contribution in [1.82, 2.24) is 0 Å². The van der Waals surface area contributed by atoms with E-state index < -0.39 is 4.92 Å². The zero-order chi connectivity index (χ0) is 18.2. The summed E-state index contributed by atoms with van der Waals surface area (Å²) in [4.78, 5) is 23.3. The number of nitrogens with one attached hydrogen (secondary N) is 2. The van der Waals surface area contributed by atoms with Crippen molar-refractivity contribution >= 4 is 34.7 Å². The normalized spacial score (nSPS) is 9.92. The predicted octanol–water partition coefficient (Wildman–Crippen LogP) is 3.57. The first-order valence-corrected chi connectivity index (χ1v) is 8.37. The number of nitrogens with zero attached hydrogens (tertiary/aromatic N) is 2. The second-order valence-corrected chi connectivity index (χ2v) is 6.12. The number of rotatable bonds is 7. The number of anilines is 2. The van der Waals surface area contributed by atoms with E-state index in [0.717, 1.165) is 10.5 Å². The number of nitro benzene ring substituents is 1. The zero-order valence-electron chi connectivity index (χ0n) is 13.5. The molecule has 0 aliphatic rings. The molecule has 0 heterocycles. The fourth-order valence-electron chi connectivity index (χ4n) is 2.09. The smallest absolute Gasteiger partial charge is 0.271 e. The van der Waals surface area contributed by atoms with Crippen molar-refractivity contribution in [1.29, 1.82) is 5.26 Å². The minimum Gasteiger partial charge on any atom is -0.376 e. The van der Waals surface area contributed by atoms with Gasteiger partial charge in [-0.05, 0) is 24.6 Å². The molecule has 128 valence electrons. The lowest BCUT2D eigenvalue weighted by atomic mass is 10.2. The molecule has 2 rings (SSSR count). The number of amides is 1. The summed E-state index contributed by atoms with van der Waals surface area (Å²) in [6.07, 6.45) is 0. The first-order valence-electron chi connectivity index (χ1n) is 7.39. The number of hydrogen-bond donors (Lipinski definition) is 2. The van der Waals surface area contributed by atoms with Gasteiger partial charge in [0.1, 0.15) is 0 Å². The van der Waals surface area contributed by atoms with E-state index in [1.165, 1.54) is 23.9 Å². The first-order chi connectivity index (χ1) is 12.0. The van der Waals surface area contributed by atoms with Crippen LogP contribution in [0.15, 0.2) is 47.4 Å². The molecule has 0 atom stereocenters. The van der Waals surface area contributed by atoms with Crippen molar-refractivity contribution in [2.24, 2.45) is 0 Å². The predicted molar refractivity (Wildman–Crippen MR) is 97.7 cm³/mol. The second-order valence-electron chi connectivity index (χ2n) is 5.10. The highest BCUT2D eigenvalue weighted by Gasteiger charge is 2.11. The van der Waals surface area contributed by atoms with Crippen molar-refractivity contribution < 1.29 is 9.72 Å². The van der Waals surface area contributed by atoms with Gasteiger partial charge < -0.3 is 10.6 Å². The summed E-state index contributed by atoms with van der Waals surface area (Å²) in [6, 6.07) is 13.7. The van der Waals surface area contributed by atoms with Crippen molar-refractivity contribution in [3.05, 3.63) is 58.1 Å². The van der Waals surface area contributed by atoms with Gasteiger partial charge in [0, 0.05) is 22.7 Å². The molecule has 0 unspecified atom stereocenters.